The second-order valence-electron chi connectivity index (χ2n) is 4.47. The molecule has 104 valence electrons. The van der Waals surface area contributed by atoms with Gasteiger partial charge < -0.3 is 15.7 Å². The zero-order valence-corrected chi connectivity index (χ0v) is 11.2. The van der Waals surface area contributed by atoms with Crippen LogP contribution in [0.1, 0.15) is 16.7 Å². The third-order valence-electron chi connectivity index (χ3n) is 2.96. The summed E-state index contributed by atoms with van der Waals surface area (Å²) in [4.78, 5) is 0. The molecule has 0 aliphatic carbocycles. The lowest BCUT2D eigenvalue weighted by Crippen LogP contribution is -2.14. The predicted molar refractivity (Wildman–Crippen MR) is 74.9 cm³/mol. The van der Waals surface area contributed by atoms with Crippen LogP contribution in [0.2, 0.25) is 0 Å². The number of benzene rings is 2. The number of nitrogens with two attached hydrogens (primary N) is 1. The number of halogens is 1. The third-order valence-corrected chi connectivity index (χ3v) is 2.96. The highest BCUT2D eigenvalue weighted by Gasteiger charge is 2.07. The topological polar surface area (TPSA) is 67.8 Å². The van der Waals surface area contributed by atoms with Crippen molar-refractivity contribution >= 4 is 5.84 Å². The van der Waals surface area contributed by atoms with E-state index in [0.29, 0.717) is 17.1 Å². The van der Waals surface area contributed by atoms with E-state index in [0.717, 1.165) is 11.1 Å². The summed E-state index contributed by atoms with van der Waals surface area (Å²) in [5.41, 5.74) is 7.81. The molecular formula is C15H15FN2O2. The zero-order chi connectivity index (χ0) is 14.7. The summed E-state index contributed by atoms with van der Waals surface area (Å²) in [5.74, 6) is 0.707. The molecule has 3 N–H and O–H groups in total. The van der Waals surface area contributed by atoms with Crippen molar-refractivity contribution < 1.29 is 14.3 Å². The van der Waals surface area contributed by atoms with Gasteiger partial charge in [-0.25, -0.2) is 4.39 Å². The van der Waals surface area contributed by atoms with E-state index in [2.05, 4.69) is 5.16 Å². The molecule has 0 aromatic heterocycles. The van der Waals surface area contributed by atoms with Crippen LogP contribution in [-0.2, 0) is 0 Å². The lowest BCUT2D eigenvalue weighted by Gasteiger charge is -2.11. The summed E-state index contributed by atoms with van der Waals surface area (Å²) in [5, 5.41) is 11.6. The van der Waals surface area contributed by atoms with E-state index in [1.54, 1.807) is 24.3 Å². The van der Waals surface area contributed by atoms with Crippen LogP contribution in [0.3, 0.4) is 0 Å². The Morgan fingerprint density at radius 2 is 1.90 bits per heavy atom. The second-order valence-corrected chi connectivity index (χ2v) is 4.47. The average molecular weight is 274 g/mol. The molecule has 0 bridgehead atoms. The molecule has 0 saturated carbocycles. The molecule has 0 heterocycles. The highest BCUT2D eigenvalue weighted by Crippen LogP contribution is 2.27. The van der Waals surface area contributed by atoms with Crippen LogP contribution in [-0.4, -0.2) is 11.0 Å². The maximum atomic E-state index is 13.2. The lowest BCUT2D eigenvalue weighted by molar-refractivity contribution is 0.318. The van der Waals surface area contributed by atoms with E-state index in [1.165, 1.54) is 12.1 Å². The number of nitrogens with zero attached hydrogens (tertiary/aromatic N) is 1. The number of ether oxygens (including phenoxy) is 1. The van der Waals surface area contributed by atoms with E-state index in [9.17, 15) is 4.39 Å². The largest absolute Gasteiger partial charge is 0.457 e. The van der Waals surface area contributed by atoms with Crippen molar-refractivity contribution in [3.63, 3.8) is 0 Å². The average Bonchev–Trinajstić information content (AvgIpc) is 2.42. The van der Waals surface area contributed by atoms with Crippen LogP contribution in [0.5, 0.6) is 11.5 Å². The van der Waals surface area contributed by atoms with E-state index in [-0.39, 0.29) is 11.7 Å². The Hall–Kier alpha value is -2.56. The summed E-state index contributed by atoms with van der Waals surface area (Å²) in [6, 6.07) is 9.50. The molecule has 2 aromatic rings. The highest BCUT2D eigenvalue weighted by molar-refractivity contribution is 5.98. The van der Waals surface area contributed by atoms with E-state index in [1.807, 2.05) is 13.8 Å². The van der Waals surface area contributed by atoms with Gasteiger partial charge in [0.15, 0.2) is 5.84 Å². The van der Waals surface area contributed by atoms with Crippen LogP contribution in [0.4, 0.5) is 4.39 Å². The molecule has 0 amide bonds. The number of hydrogen-bond donors (Lipinski definition) is 2. The Labute approximate surface area is 116 Å². The van der Waals surface area contributed by atoms with E-state index in [4.69, 9.17) is 15.7 Å². The summed E-state index contributed by atoms with van der Waals surface area (Å²) >= 11 is 0. The van der Waals surface area contributed by atoms with Gasteiger partial charge in [0.1, 0.15) is 17.3 Å². The number of hydrogen-bond acceptors (Lipinski definition) is 3. The molecule has 2 aromatic carbocycles. The quantitative estimate of drug-likeness (QED) is 0.390. The maximum absolute atomic E-state index is 13.2. The summed E-state index contributed by atoms with van der Waals surface area (Å²) in [7, 11) is 0. The van der Waals surface area contributed by atoms with Crippen molar-refractivity contribution in [3.05, 3.63) is 58.9 Å². The van der Waals surface area contributed by atoms with Crippen LogP contribution < -0.4 is 10.5 Å². The molecule has 0 spiro atoms. The molecular weight excluding hydrogens is 259 g/mol. The van der Waals surface area contributed by atoms with Gasteiger partial charge in [0.05, 0.1) is 0 Å². The number of amidine groups is 1. The lowest BCUT2D eigenvalue weighted by atomic mass is 10.1. The number of oxime groups is 1. The van der Waals surface area contributed by atoms with Gasteiger partial charge in [-0.2, -0.15) is 0 Å². The van der Waals surface area contributed by atoms with E-state index < -0.39 is 0 Å². The van der Waals surface area contributed by atoms with Crippen LogP contribution in [0.25, 0.3) is 0 Å². The summed E-state index contributed by atoms with van der Waals surface area (Å²) in [6.45, 7) is 3.66. The smallest absolute Gasteiger partial charge is 0.170 e. The van der Waals surface area contributed by atoms with Crippen molar-refractivity contribution in [1.29, 1.82) is 0 Å². The molecule has 0 aliphatic rings. The van der Waals surface area contributed by atoms with Gasteiger partial charge in [-0.1, -0.05) is 11.2 Å². The van der Waals surface area contributed by atoms with Crippen LogP contribution >= 0.6 is 0 Å². The first-order chi connectivity index (χ1) is 9.51. The van der Waals surface area contributed by atoms with Gasteiger partial charge in [0.25, 0.3) is 0 Å². The summed E-state index contributed by atoms with van der Waals surface area (Å²) in [6.07, 6.45) is 0. The van der Waals surface area contributed by atoms with Gasteiger partial charge in [-0.15, -0.1) is 0 Å². The number of rotatable bonds is 3. The Morgan fingerprint density at radius 1 is 1.15 bits per heavy atom. The third kappa shape index (κ3) is 2.88. The second kappa shape index (κ2) is 5.61. The van der Waals surface area contributed by atoms with Crippen LogP contribution in [0, 0.1) is 19.7 Å². The van der Waals surface area contributed by atoms with Gasteiger partial charge >= 0.3 is 0 Å². The molecule has 0 aliphatic heterocycles. The minimum Gasteiger partial charge on any atom is -0.457 e. The predicted octanol–water partition coefficient (Wildman–Crippen LogP) is 3.33. The first-order valence-electron chi connectivity index (χ1n) is 6.04. The van der Waals surface area contributed by atoms with Crippen molar-refractivity contribution in [2.45, 2.75) is 13.8 Å². The molecule has 20 heavy (non-hydrogen) atoms. The Morgan fingerprint density at radius 3 is 2.55 bits per heavy atom. The minimum atomic E-state index is -0.351. The van der Waals surface area contributed by atoms with Crippen molar-refractivity contribution in [3.8, 4) is 11.5 Å². The van der Waals surface area contributed by atoms with Gasteiger partial charge in [-0.05, 0) is 49.2 Å². The molecule has 4 nitrogen and oxygen atoms in total. The molecule has 0 fully saturated rings. The van der Waals surface area contributed by atoms with Crippen molar-refractivity contribution in [2.24, 2.45) is 10.9 Å². The van der Waals surface area contributed by atoms with Gasteiger partial charge in [0, 0.05) is 11.6 Å². The van der Waals surface area contributed by atoms with Gasteiger partial charge in [-0.3, -0.25) is 0 Å². The van der Waals surface area contributed by atoms with Crippen molar-refractivity contribution in [2.75, 3.05) is 0 Å². The fraction of sp³-hybridized carbons (Fsp3) is 0.133. The first-order valence-corrected chi connectivity index (χ1v) is 6.04. The molecule has 0 saturated heterocycles. The number of aryl methyl sites for hydroxylation is 2. The fourth-order valence-electron chi connectivity index (χ4n) is 1.85. The Bertz CT molecular complexity index is 669. The maximum Gasteiger partial charge on any atom is 0.170 e. The Balaban J connectivity index is 2.31. The normalized spacial score (nSPS) is 11.4. The molecule has 0 unspecified atom stereocenters. The van der Waals surface area contributed by atoms with Crippen LogP contribution in [0.15, 0.2) is 41.6 Å². The SMILES string of the molecule is Cc1ccc(F)cc1Oc1ccc(/C(N)=N/O)c(C)c1. The first kappa shape index (κ1) is 13.9. The molecule has 2 rings (SSSR count). The van der Waals surface area contributed by atoms with E-state index >= 15 is 0 Å². The highest BCUT2D eigenvalue weighted by atomic mass is 19.1. The van der Waals surface area contributed by atoms with Gasteiger partial charge in [0.2, 0.25) is 0 Å². The standard InChI is InChI=1S/C15H15FN2O2/c1-9-3-4-11(16)8-14(9)20-12-5-6-13(10(2)7-12)15(17)18-19/h3-8,19H,1-2H3,(H2,17,18). The molecule has 0 atom stereocenters. The molecule has 0 radical (unpaired) electrons. The Kier molecular flexibility index (Phi) is 3.89. The zero-order valence-electron chi connectivity index (χ0n) is 11.2. The fourth-order valence-corrected chi connectivity index (χ4v) is 1.85. The summed E-state index contributed by atoms with van der Waals surface area (Å²) < 4.78 is 18.9. The van der Waals surface area contributed by atoms with Crippen molar-refractivity contribution in [1.82, 2.24) is 0 Å². The molecule has 5 heteroatoms. The monoisotopic (exact) mass is 274 g/mol. The minimum absolute atomic E-state index is 0.0380.